The van der Waals surface area contributed by atoms with Gasteiger partial charge in [-0.3, -0.25) is 4.79 Å². The molecule has 0 spiro atoms. The quantitative estimate of drug-likeness (QED) is 0.901. The summed E-state index contributed by atoms with van der Waals surface area (Å²) in [5.41, 5.74) is 0. The highest BCUT2D eigenvalue weighted by molar-refractivity contribution is 7.97. The van der Waals surface area contributed by atoms with Crippen LogP contribution in [0, 0.1) is 5.92 Å². The van der Waals surface area contributed by atoms with Crippen LogP contribution >= 0.6 is 11.8 Å². The van der Waals surface area contributed by atoms with E-state index in [-0.39, 0.29) is 18.4 Å². The number of hydrogen-bond acceptors (Lipinski definition) is 5. The number of rotatable bonds is 4. The van der Waals surface area contributed by atoms with Gasteiger partial charge in [0.2, 0.25) is 0 Å². The molecule has 2 heterocycles. The molecule has 1 fully saturated rings. The maximum absolute atomic E-state index is 12.3. The molecule has 0 saturated carbocycles. The Labute approximate surface area is 116 Å². The highest BCUT2D eigenvalue weighted by atomic mass is 32.2. The first kappa shape index (κ1) is 14.4. The number of aliphatic hydroxyl groups excluding tert-OH is 1. The molecule has 1 amide bonds. The van der Waals surface area contributed by atoms with E-state index in [9.17, 15) is 9.90 Å². The summed E-state index contributed by atoms with van der Waals surface area (Å²) in [5, 5.41) is 9.22. The standard InChI is InChI=1S/C13H19NO4S/c1-19-9-11-2-3-12(18-11)13(16)14-4-5-17-8-10(6-14)7-15/h2-3,10,15H,4-9H2,1H3/t10-/m0/s1. The Morgan fingerprint density at radius 3 is 3.16 bits per heavy atom. The molecule has 1 aliphatic rings. The summed E-state index contributed by atoms with van der Waals surface area (Å²) in [6, 6.07) is 3.55. The van der Waals surface area contributed by atoms with E-state index < -0.39 is 0 Å². The lowest BCUT2D eigenvalue weighted by Gasteiger charge is -2.21. The molecule has 1 aromatic rings. The van der Waals surface area contributed by atoms with Crippen molar-refractivity contribution >= 4 is 17.7 Å². The minimum Gasteiger partial charge on any atom is -0.455 e. The van der Waals surface area contributed by atoms with E-state index in [1.165, 1.54) is 0 Å². The summed E-state index contributed by atoms with van der Waals surface area (Å²) < 4.78 is 10.9. The number of carbonyl (C=O) groups is 1. The average Bonchev–Trinajstić information content (AvgIpc) is 2.75. The largest absolute Gasteiger partial charge is 0.455 e. The lowest BCUT2D eigenvalue weighted by Crippen LogP contribution is -2.36. The van der Waals surface area contributed by atoms with E-state index >= 15 is 0 Å². The predicted molar refractivity (Wildman–Crippen MR) is 73.2 cm³/mol. The molecule has 106 valence electrons. The first-order valence-corrected chi connectivity index (χ1v) is 7.69. The molecular formula is C13H19NO4S. The first-order chi connectivity index (χ1) is 9.24. The van der Waals surface area contributed by atoms with Gasteiger partial charge in [0.25, 0.3) is 5.91 Å². The van der Waals surface area contributed by atoms with Crippen LogP contribution in [0.4, 0.5) is 0 Å². The van der Waals surface area contributed by atoms with Gasteiger partial charge in [-0.15, -0.1) is 0 Å². The summed E-state index contributed by atoms with van der Waals surface area (Å²) in [6.07, 6.45) is 1.99. The van der Waals surface area contributed by atoms with Gasteiger partial charge >= 0.3 is 0 Å². The number of ether oxygens (including phenoxy) is 1. The van der Waals surface area contributed by atoms with Gasteiger partial charge in [-0.2, -0.15) is 11.8 Å². The third kappa shape index (κ3) is 3.75. The Kier molecular flexibility index (Phi) is 5.30. The van der Waals surface area contributed by atoms with Gasteiger partial charge < -0.3 is 19.2 Å². The number of hydrogen-bond donors (Lipinski definition) is 1. The third-order valence-electron chi connectivity index (χ3n) is 3.04. The van der Waals surface area contributed by atoms with E-state index in [0.717, 1.165) is 11.5 Å². The van der Waals surface area contributed by atoms with Crippen LogP contribution in [0.1, 0.15) is 16.3 Å². The number of amides is 1. The van der Waals surface area contributed by atoms with Crippen molar-refractivity contribution in [2.45, 2.75) is 5.75 Å². The van der Waals surface area contributed by atoms with Gasteiger partial charge in [0.05, 0.1) is 19.0 Å². The van der Waals surface area contributed by atoms with Gasteiger partial charge in [-0.25, -0.2) is 0 Å². The van der Waals surface area contributed by atoms with Crippen LogP contribution in [0.3, 0.4) is 0 Å². The number of carbonyl (C=O) groups excluding carboxylic acids is 1. The normalized spacial score (nSPS) is 20.3. The zero-order chi connectivity index (χ0) is 13.7. The molecule has 0 radical (unpaired) electrons. The molecule has 1 aromatic heterocycles. The molecule has 0 aliphatic carbocycles. The Morgan fingerprint density at radius 2 is 2.42 bits per heavy atom. The third-order valence-corrected chi connectivity index (χ3v) is 3.62. The van der Waals surface area contributed by atoms with Gasteiger partial charge in [-0.05, 0) is 18.4 Å². The predicted octanol–water partition coefficient (Wildman–Crippen LogP) is 1.22. The van der Waals surface area contributed by atoms with Crippen molar-refractivity contribution in [3.8, 4) is 0 Å². The maximum Gasteiger partial charge on any atom is 0.289 e. The van der Waals surface area contributed by atoms with Crippen LogP contribution < -0.4 is 0 Å². The van der Waals surface area contributed by atoms with Crippen molar-refractivity contribution in [2.75, 3.05) is 39.2 Å². The van der Waals surface area contributed by atoms with Gasteiger partial charge in [0, 0.05) is 25.6 Å². The van der Waals surface area contributed by atoms with Gasteiger partial charge in [-0.1, -0.05) is 0 Å². The SMILES string of the molecule is CSCc1ccc(C(=O)N2CCOC[C@H](CO)C2)o1. The zero-order valence-corrected chi connectivity index (χ0v) is 11.8. The maximum atomic E-state index is 12.3. The van der Waals surface area contributed by atoms with E-state index in [2.05, 4.69) is 0 Å². The van der Waals surface area contributed by atoms with Crippen LogP contribution in [0.5, 0.6) is 0 Å². The number of nitrogens with zero attached hydrogens (tertiary/aromatic N) is 1. The van der Waals surface area contributed by atoms with Crippen LogP contribution in [-0.2, 0) is 10.5 Å². The summed E-state index contributed by atoms with van der Waals surface area (Å²) >= 11 is 1.65. The van der Waals surface area contributed by atoms with E-state index in [1.54, 1.807) is 22.7 Å². The van der Waals surface area contributed by atoms with E-state index in [0.29, 0.717) is 32.1 Å². The van der Waals surface area contributed by atoms with Crippen molar-refractivity contribution in [1.82, 2.24) is 4.90 Å². The molecule has 5 nitrogen and oxygen atoms in total. The second-order valence-electron chi connectivity index (χ2n) is 4.57. The van der Waals surface area contributed by atoms with Crippen LogP contribution in [-0.4, -0.2) is 55.1 Å². The van der Waals surface area contributed by atoms with Gasteiger partial charge in [0.1, 0.15) is 5.76 Å². The molecule has 0 aromatic carbocycles. The zero-order valence-electron chi connectivity index (χ0n) is 11.0. The van der Waals surface area contributed by atoms with Crippen molar-refractivity contribution in [1.29, 1.82) is 0 Å². The lowest BCUT2D eigenvalue weighted by molar-refractivity contribution is 0.0695. The fourth-order valence-corrected chi connectivity index (χ4v) is 2.48. The second kappa shape index (κ2) is 6.98. The van der Waals surface area contributed by atoms with E-state index in [4.69, 9.17) is 9.15 Å². The molecule has 0 bridgehead atoms. The average molecular weight is 285 g/mol. The fraction of sp³-hybridized carbons (Fsp3) is 0.615. The Bertz CT molecular complexity index is 421. The lowest BCUT2D eigenvalue weighted by atomic mass is 10.1. The highest BCUT2D eigenvalue weighted by Crippen LogP contribution is 2.16. The summed E-state index contributed by atoms with van der Waals surface area (Å²) in [5.74, 6) is 1.78. The number of thioether (sulfide) groups is 1. The number of aliphatic hydroxyl groups is 1. The topological polar surface area (TPSA) is 62.9 Å². The number of furan rings is 1. The minimum atomic E-state index is -0.128. The van der Waals surface area contributed by atoms with Crippen LogP contribution in [0.15, 0.2) is 16.5 Å². The Morgan fingerprint density at radius 1 is 1.58 bits per heavy atom. The molecule has 1 N–H and O–H groups in total. The molecule has 1 atom stereocenters. The molecule has 1 saturated heterocycles. The fourth-order valence-electron chi connectivity index (χ4n) is 2.04. The molecule has 0 unspecified atom stereocenters. The molecule has 2 rings (SSSR count). The monoisotopic (exact) mass is 285 g/mol. The van der Waals surface area contributed by atoms with Crippen molar-refractivity contribution < 1.29 is 19.1 Å². The van der Waals surface area contributed by atoms with Crippen LogP contribution in [0.2, 0.25) is 0 Å². The van der Waals surface area contributed by atoms with Crippen LogP contribution in [0.25, 0.3) is 0 Å². The van der Waals surface area contributed by atoms with Crippen molar-refractivity contribution in [3.63, 3.8) is 0 Å². The van der Waals surface area contributed by atoms with Gasteiger partial charge in [0.15, 0.2) is 5.76 Å². The first-order valence-electron chi connectivity index (χ1n) is 6.30. The van der Waals surface area contributed by atoms with Crippen molar-refractivity contribution in [2.24, 2.45) is 5.92 Å². The minimum absolute atomic E-state index is 0.0212. The molecule has 1 aliphatic heterocycles. The smallest absolute Gasteiger partial charge is 0.289 e. The Hall–Kier alpha value is -0.980. The second-order valence-corrected chi connectivity index (χ2v) is 5.44. The summed E-state index contributed by atoms with van der Waals surface area (Å²) in [7, 11) is 0. The van der Waals surface area contributed by atoms with Crippen molar-refractivity contribution in [3.05, 3.63) is 23.7 Å². The molecular weight excluding hydrogens is 266 g/mol. The highest BCUT2D eigenvalue weighted by Gasteiger charge is 2.24. The summed E-state index contributed by atoms with van der Waals surface area (Å²) in [4.78, 5) is 14.0. The molecule has 6 heteroatoms. The summed E-state index contributed by atoms with van der Waals surface area (Å²) in [6.45, 7) is 2.07. The molecule has 19 heavy (non-hydrogen) atoms. The van der Waals surface area contributed by atoms with E-state index in [1.807, 2.05) is 12.3 Å². The Balaban J connectivity index is 2.04.